The smallest absolute Gasteiger partial charge is 0.335 e. The van der Waals surface area contributed by atoms with Crippen LogP contribution in [0.1, 0.15) is 22.3 Å². The van der Waals surface area contributed by atoms with Gasteiger partial charge in [-0.1, -0.05) is 30.3 Å². The molecule has 0 aromatic heterocycles. The highest BCUT2D eigenvalue weighted by Crippen LogP contribution is 2.15. The van der Waals surface area contributed by atoms with Gasteiger partial charge in [0.2, 0.25) is 0 Å². The number of carbonyl (C=O) groups excluding carboxylic acids is 1. The maximum Gasteiger partial charge on any atom is 0.335 e. The molecule has 6 heteroatoms. The minimum Gasteiger partial charge on any atom is -0.484 e. The molecule has 3 rings (SSSR count). The average Bonchev–Trinajstić information content (AvgIpc) is 3.11. The summed E-state index contributed by atoms with van der Waals surface area (Å²) in [5.74, 6) is -0.791. The summed E-state index contributed by atoms with van der Waals surface area (Å²) in [4.78, 5) is 23.0. The summed E-state index contributed by atoms with van der Waals surface area (Å²) in [6, 6.07) is 15.7. The average molecular weight is 324 g/mol. The van der Waals surface area contributed by atoms with E-state index in [1.54, 1.807) is 0 Å². The number of nitrogens with zero attached hydrogens (tertiary/aromatic N) is 2. The topological polar surface area (TPSA) is 79.2 Å². The molecule has 0 saturated carbocycles. The SMILES string of the molecule is O=C(O)c1ccc(OCC(=O)N2CCC(c3ccccc3)=N2)cc1. The molecule has 0 unspecified atom stereocenters. The van der Waals surface area contributed by atoms with Crippen LogP contribution in [-0.2, 0) is 4.79 Å². The van der Waals surface area contributed by atoms with E-state index < -0.39 is 5.97 Å². The molecule has 6 nitrogen and oxygen atoms in total. The molecule has 24 heavy (non-hydrogen) atoms. The van der Waals surface area contributed by atoms with E-state index >= 15 is 0 Å². The zero-order valence-electron chi connectivity index (χ0n) is 12.9. The molecule has 0 spiro atoms. The standard InChI is InChI=1S/C18H16N2O4/c21-17(12-24-15-8-6-14(7-9-15)18(22)23)20-11-10-16(19-20)13-4-2-1-3-5-13/h1-9H,10-12H2,(H,22,23). The lowest BCUT2D eigenvalue weighted by atomic mass is 10.1. The predicted molar refractivity (Wildman–Crippen MR) is 88.2 cm³/mol. The molecule has 0 aliphatic carbocycles. The van der Waals surface area contributed by atoms with Gasteiger partial charge < -0.3 is 9.84 Å². The molecule has 0 bridgehead atoms. The number of hydrogen-bond donors (Lipinski definition) is 1. The summed E-state index contributed by atoms with van der Waals surface area (Å²) in [6.07, 6.45) is 0.711. The first kappa shape index (κ1) is 15.7. The van der Waals surface area contributed by atoms with Crippen LogP contribution < -0.4 is 4.74 Å². The van der Waals surface area contributed by atoms with Crippen LogP contribution in [0, 0.1) is 0 Å². The summed E-state index contributed by atoms with van der Waals surface area (Å²) in [6.45, 7) is 0.391. The lowest BCUT2D eigenvalue weighted by molar-refractivity contribution is -0.132. The molecule has 2 aromatic rings. The van der Waals surface area contributed by atoms with Crippen molar-refractivity contribution < 1.29 is 19.4 Å². The lowest BCUT2D eigenvalue weighted by Gasteiger charge is -2.12. The van der Waals surface area contributed by atoms with E-state index in [4.69, 9.17) is 9.84 Å². The van der Waals surface area contributed by atoms with Gasteiger partial charge in [0.25, 0.3) is 5.91 Å². The molecule has 0 saturated heterocycles. The molecule has 0 radical (unpaired) electrons. The Kier molecular flexibility index (Phi) is 4.56. The van der Waals surface area contributed by atoms with Crippen LogP contribution in [0.15, 0.2) is 59.7 Å². The maximum atomic E-state index is 12.2. The highest BCUT2D eigenvalue weighted by atomic mass is 16.5. The Balaban J connectivity index is 1.58. The number of rotatable bonds is 5. The maximum absolute atomic E-state index is 12.2. The van der Waals surface area contributed by atoms with E-state index in [2.05, 4.69) is 5.10 Å². The van der Waals surface area contributed by atoms with Gasteiger partial charge in [0.15, 0.2) is 6.61 Å². The van der Waals surface area contributed by atoms with E-state index in [1.807, 2.05) is 30.3 Å². The van der Waals surface area contributed by atoms with Crippen molar-refractivity contribution in [1.82, 2.24) is 5.01 Å². The molecule has 0 fully saturated rings. The number of benzene rings is 2. The van der Waals surface area contributed by atoms with E-state index in [1.165, 1.54) is 29.3 Å². The van der Waals surface area contributed by atoms with Gasteiger partial charge in [-0.2, -0.15) is 5.10 Å². The molecule has 0 atom stereocenters. The van der Waals surface area contributed by atoms with Crippen LogP contribution in [-0.4, -0.2) is 40.9 Å². The summed E-state index contributed by atoms with van der Waals surface area (Å²) in [5.41, 5.74) is 2.07. The summed E-state index contributed by atoms with van der Waals surface area (Å²) < 4.78 is 5.40. The fraction of sp³-hybridized carbons (Fsp3) is 0.167. The zero-order valence-corrected chi connectivity index (χ0v) is 12.9. The Bertz CT molecular complexity index is 769. The van der Waals surface area contributed by atoms with Crippen molar-refractivity contribution in [3.63, 3.8) is 0 Å². The Labute approximate surface area is 139 Å². The number of carboxylic acid groups (broad SMARTS) is 1. The number of carboxylic acids is 1. The first-order valence-electron chi connectivity index (χ1n) is 7.53. The third-order valence-electron chi connectivity index (χ3n) is 3.66. The highest BCUT2D eigenvalue weighted by molar-refractivity contribution is 6.02. The van der Waals surface area contributed by atoms with Gasteiger partial charge in [-0.25, -0.2) is 9.80 Å². The monoisotopic (exact) mass is 324 g/mol. The lowest BCUT2D eigenvalue weighted by Crippen LogP contribution is -2.28. The first-order valence-corrected chi connectivity index (χ1v) is 7.53. The van der Waals surface area contributed by atoms with Crippen LogP contribution in [0.25, 0.3) is 0 Å². The van der Waals surface area contributed by atoms with Gasteiger partial charge in [0, 0.05) is 6.42 Å². The van der Waals surface area contributed by atoms with Gasteiger partial charge in [0.1, 0.15) is 5.75 Å². The third kappa shape index (κ3) is 3.60. The van der Waals surface area contributed by atoms with Crippen molar-refractivity contribution in [2.75, 3.05) is 13.2 Å². The van der Waals surface area contributed by atoms with Crippen molar-refractivity contribution in [3.8, 4) is 5.75 Å². The van der Waals surface area contributed by atoms with Crippen molar-refractivity contribution in [3.05, 3.63) is 65.7 Å². The van der Waals surface area contributed by atoms with Gasteiger partial charge in [-0.15, -0.1) is 0 Å². The van der Waals surface area contributed by atoms with E-state index in [0.717, 1.165) is 11.3 Å². The third-order valence-corrected chi connectivity index (χ3v) is 3.66. The Morgan fingerprint density at radius 1 is 1.08 bits per heavy atom. The summed E-state index contributed by atoms with van der Waals surface area (Å²) >= 11 is 0. The molecule has 2 aromatic carbocycles. The van der Waals surface area contributed by atoms with Gasteiger partial charge in [0.05, 0.1) is 17.8 Å². The van der Waals surface area contributed by atoms with E-state index in [0.29, 0.717) is 18.7 Å². The van der Waals surface area contributed by atoms with Crippen LogP contribution in [0.4, 0.5) is 0 Å². The molecule has 1 amide bonds. The van der Waals surface area contributed by atoms with Crippen molar-refractivity contribution in [2.24, 2.45) is 5.10 Å². The van der Waals surface area contributed by atoms with E-state index in [-0.39, 0.29) is 18.1 Å². The number of hydrogen-bond acceptors (Lipinski definition) is 4. The van der Waals surface area contributed by atoms with Gasteiger partial charge in [-0.3, -0.25) is 4.79 Å². The van der Waals surface area contributed by atoms with Crippen LogP contribution in [0.2, 0.25) is 0 Å². The fourth-order valence-corrected chi connectivity index (χ4v) is 2.38. The normalized spacial score (nSPS) is 13.5. The van der Waals surface area contributed by atoms with Gasteiger partial charge in [-0.05, 0) is 29.8 Å². The van der Waals surface area contributed by atoms with Crippen LogP contribution >= 0.6 is 0 Å². The largest absolute Gasteiger partial charge is 0.484 e. The number of amides is 1. The van der Waals surface area contributed by atoms with Crippen LogP contribution in [0.3, 0.4) is 0 Å². The molecular weight excluding hydrogens is 308 g/mol. The number of hydrazone groups is 1. The van der Waals surface area contributed by atoms with Crippen LogP contribution in [0.5, 0.6) is 5.75 Å². The Morgan fingerprint density at radius 3 is 2.46 bits per heavy atom. The molecule has 1 heterocycles. The zero-order chi connectivity index (χ0) is 16.9. The molecule has 122 valence electrons. The second-order valence-electron chi connectivity index (χ2n) is 5.30. The number of aromatic carboxylic acids is 1. The Morgan fingerprint density at radius 2 is 1.79 bits per heavy atom. The first-order chi connectivity index (χ1) is 11.6. The minimum atomic E-state index is -1.00. The minimum absolute atomic E-state index is 0.141. The predicted octanol–water partition coefficient (Wildman–Crippen LogP) is 2.40. The molecular formula is C18H16N2O4. The number of ether oxygens (including phenoxy) is 1. The number of carbonyl (C=O) groups is 2. The summed E-state index contributed by atoms with van der Waals surface area (Å²) in [7, 11) is 0. The van der Waals surface area contributed by atoms with Crippen molar-refractivity contribution >= 4 is 17.6 Å². The van der Waals surface area contributed by atoms with Crippen molar-refractivity contribution in [1.29, 1.82) is 0 Å². The Hall–Kier alpha value is -3.15. The van der Waals surface area contributed by atoms with Gasteiger partial charge >= 0.3 is 5.97 Å². The second kappa shape index (κ2) is 6.95. The fourth-order valence-electron chi connectivity index (χ4n) is 2.38. The van der Waals surface area contributed by atoms with Crippen molar-refractivity contribution in [2.45, 2.75) is 6.42 Å². The highest BCUT2D eigenvalue weighted by Gasteiger charge is 2.21. The molecule has 1 N–H and O–H groups in total. The second-order valence-corrected chi connectivity index (χ2v) is 5.30. The molecule has 1 aliphatic rings. The summed E-state index contributed by atoms with van der Waals surface area (Å²) in [5, 5.41) is 14.6. The molecule has 1 aliphatic heterocycles. The van der Waals surface area contributed by atoms with E-state index in [9.17, 15) is 9.59 Å². The quantitative estimate of drug-likeness (QED) is 0.916.